The highest BCUT2D eigenvalue weighted by Crippen LogP contribution is 2.33. The molecule has 0 amide bonds. The number of methoxy groups -OCH3 is 1. The molecule has 1 aliphatic heterocycles. The van der Waals surface area contributed by atoms with Gasteiger partial charge in [-0.2, -0.15) is 0 Å². The van der Waals surface area contributed by atoms with Crippen molar-refractivity contribution in [2.45, 2.75) is 4.90 Å². The predicted octanol–water partition coefficient (Wildman–Crippen LogP) is 4.29. The van der Waals surface area contributed by atoms with Gasteiger partial charge in [0.15, 0.2) is 0 Å². The number of sulfonamides is 1. The second kappa shape index (κ2) is 13.2. The average molecular weight is 639 g/mol. The number of nitrogens with two attached hydrogens (primary N) is 1. The molecule has 15 heteroatoms. The SMILES string of the molecule is COc1ncc(-c2ccc3nc(N)n(-c4ccc(N5CCOCC5)cc4)c3c2)cc1S(=O)(=O)Nc1ccc(F)cc1F.O=CO. The van der Waals surface area contributed by atoms with Crippen LogP contribution in [0.1, 0.15) is 0 Å². The Bertz CT molecular complexity index is 1950. The summed E-state index contributed by atoms with van der Waals surface area (Å²) in [5.41, 5.74) is 10.2. The minimum Gasteiger partial charge on any atom is -0.483 e. The molecule has 2 aromatic heterocycles. The van der Waals surface area contributed by atoms with Crippen molar-refractivity contribution in [3.63, 3.8) is 0 Å². The van der Waals surface area contributed by atoms with E-state index >= 15 is 0 Å². The third kappa shape index (κ3) is 6.63. The molecule has 1 saturated heterocycles. The Kier molecular flexibility index (Phi) is 9.11. The average Bonchev–Trinajstić information content (AvgIpc) is 3.37. The molecule has 1 fully saturated rings. The summed E-state index contributed by atoms with van der Waals surface area (Å²) in [6.07, 6.45) is 1.47. The van der Waals surface area contributed by atoms with Crippen LogP contribution in [0.2, 0.25) is 0 Å². The highest BCUT2D eigenvalue weighted by Gasteiger charge is 2.24. The number of pyridine rings is 1. The summed E-state index contributed by atoms with van der Waals surface area (Å²) in [6.45, 7) is 2.76. The molecule has 0 aliphatic carbocycles. The number of fused-ring (bicyclic) bond motifs is 1. The van der Waals surface area contributed by atoms with Crippen LogP contribution in [-0.2, 0) is 19.6 Å². The summed E-state index contributed by atoms with van der Waals surface area (Å²) in [4.78, 5) is 19.0. The number of nitrogen functional groups attached to an aromatic ring is 1. The van der Waals surface area contributed by atoms with E-state index in [1.165, 1.54) is 19.4 Å². The van der Waals surface area contributed by atoms with Crippen molar-refractivity contribution in [3.05, 3.63) is 84.6 Å². The molecule has 234 valence electrons. The summed E-state index contributed by atoms with van der Waals surface area (Å²) < 4.78 is 68.7. The molecule has 5 aromatic rings. The monoisotopic (exact) mass is 638 g/mol. The molecular formula is C30H28F2N6O6S. The van der Waals surface area contributed by atoms with Crippen LogP contribution in [0.15, 0.2) is 77.8 Å². The first kappa shape index (κ1) is 31.2. The minimum absolute atomic E-state index is 0.190. The maximum atomic E-state index is 14.2. The van der Waals surface area contributed by atoms with E-state index in [9.17, 15) is 17.2 Å². The first-order valence-electron chi connectivity index (χ1n) is 13.5. The number of hydrogen-bond donors (Lipinski definition) is 3. The van der Waals surface area contributed by atoms with Crippen molar-refractivity contribution in [2.24, 2.45) is 0 Å². The van der Waals surface area contributed by atoms with Gasteiger partial charge in [-0.05, 0) is 60.2 Å². The number of nitrogens with zero attached hydrogens (tertiary/aromatic N) is 4. The molecule has 12 nitrogen and oxygen atoms in total. The van der Waals surface area contributed by atoms with Gasteiger partial charge in [-0.3, -0.25) is 14.1 Å². The maximum absolute atomic E-state index is 14.2. The van der Waals surface area contributed by atoms with Gasteiger partial charge in [-0.25, -0.2) is 27.2 Å². The van der Waals surface area contributed by atoms with Crippen LogP contribution >= 0.6 is 0 Å². The second-order valence-corrected chi connectivity index (χ2v) is 11.3. The lowest BCUT2D eigenvalue weighted by atomic mass is 10.1. The number of ether oxygens (including phenoxy) is 2. The number of carbonyl (C=O) groups is 1. The number of halogens is 2. The van der Waals surface area contributed by atoms with Gasteiger partial charge in [0, 0.05) is 42.3 Å². The number of carboxylic acid groups (broad SMARTS) is 1. The third-order valence-electron chi connectivity index (χ3n) is 6.97. The van der Waals surface area contributed by atoms with Crippen LogP contribution in [0.5, 0.6) is 5.88 Å². The molecule has 45 heavy (non-hydrogen) atoms. The Labute approximate surface area is 256 Å². The normalized spacial score (nSPS) is 13.2. The maximum Gasteiger partial charge on any atom is 0.290 e. The Morgan fingerprint density at radius 3 is 2.36 bits per heavy atom. The third-order valence-corrected chi connectivity index (χ3v) is 8.33. The van der Waals surface area contributed by atoms with Gasteiger partial charge >= 0.3 is 0 Å². The zero-order valence-electron chi connectivity index (χ0n) is 23.9. The van der Waals surface area contributed by atoms with Crippen LogP contribution in [0.25, 0.3) is 27.8 Å². The molecule has 3 aromatic carbocycles. The number of hydrogen-bond acceptors (Lipinski definition) is 9. The van der Waals surface area contributed by atoms with E-state index in [0.29, 0.717) is 47.4 Å². The van der Waals surface area contributed by atoms with Crippen molar-refractivity contribution >= 4 is 44.9 Å². The summed E-state index contributed by atoms with van der Waals surface area (Å²) in [6, 6.07) is 17.3. The second-order valence-electron chi connectivity index (χ2n) is 9.69. The molecular weight excluding hydrogens is 610 g/mol. The quantitative estimate of drug-likeness (QED) is 0.219. The molecule has 4 N–H and O–H groups in total. The Hall–Kier alpha value is -5.28. The summed E-state index contributed by atoms with van der Waals surface area (Å²) in [7, 11) is -3.10. The molecule has 0 bridgehead atoms. The number of nitrogens with one attached hydrogen (secondary N) is 1. The molecule has 0 radical (unpaired) electrons. The largest absolute Gasteiger partial charge is 0.483 e. The summed E-state index contributed by atoms with van der Waals surface area (Å²) in [5, 5.41) is 6.89. The van der Waals surface area contributed by atoms with Crippen molar-refractivity contribution in [1.29, 1.82) is 0 Å². The molecule has 0 atom stereocenters. The fourth-order valence-corrected chi connectivity index (χ4v) is 6.10. The molecule has 0 saturated carbocycles. The van der Waals surface area contributed by atoms with E-state index in [-0.39, 0.29) is 17.2 Å². The van der Waals surface area contributed by atoms with E-state index in [1.54, 1.807) is 12.1 Å². The lowest BCUT2D eigenvalue weighted by Gasteiger charge is -2.29. The van der Waals surface area contributed by atoms with E-state index in [1.807, 2.05) is 34.9 Å². The van der Waals surface area contributed by atoms with Gasteiger partial charge in [0.25, 0.3) is 16.5 Å². The van der Waals surface area contributed by atoms with E-state index in [0.717, 1.165) is 36.6 Å². The zero-order chi connectivity index (χ0) is 32.1. The summed E-state index contributed by atoms with van der Waals surface area (Å²) in [5.74, 6) is -1.79. The highest BCUT2D eigenvalue weighted by atomic mass is 32.2. The number of rotatable bonds is 7. The van der Waals surface area contributed by atoms with Crippen LogP contribution < -0.4 is 20.1 Å². The van der Waals surface area contributed by atoms with Crippen molar-refractivity contribution < 1.29 is 36.6 Å². The van der Waals surface area contributed by atoms with Gasteiger partial charge in [-0.1, -0.05) is 6.07 Å². The number of benzene rings is 3. The lowest BCUT2D eigenvalue weighted by molar-refractivity contribution is -0.122. The van der Waals surface area contributed by atoms with E-state index in [2.05, 4.69) is 19.6 Å². The number of morpholine rings is 1. The number of aromatic nitrogens is 3. The number of anilines is 3. The Morgan fingerprint density at radius 1 is 1.00 bits per heavy atom. The van der Waals surface area contributed by atoms with Gasteiger partial charge in [0.2, 0.25) is 11.8 Å². The smallest absolute Gasteiger partial charge is 0.290 e. The Morgan fingerprint density at radius 2 is 1.69 bits per heavy atom. The van der Waals surface area contributed by atoms with Crippen LogP contribution in [0.4, 0.5) is 26.1 Å². The molecule has 3 heterocycles. The van der Waals surface area contributed by atoms with Crippen molar-refractivity contribution in [3.8, 4) is 22.7 Å². The molecule has 0 unspecified atom stereocenters. The van der Waals surface area contributed by atoms with Crippen LogP contribution in [-0.4, -0.2) is 67.9 Å². The highest BCUT2D eigenvalue weighted by molar-refractivity contribution is 7.92. The topological polar surface area (TPSA) is 162 Å². The van der Waals surface area contributed by atoms with Gasteiger partial charge in [-0.15, -0.1) is 0 Å². The van der Waals surface area contributed by atoms with Crippen molar-refractivity contribution in [2.75, 3.05) is 48.8 Å². The fourth-order valence-electron chi connectivity index (χ4n) is 4.89. The molecule has 1 aliphatic rings. The van der Waals surface area contributed by atoms with Crippen molar-refractivity contribution in [1.82, 2.24) is 14.5 Å². The first-order chi connectivity index (χ1) is 21.6. The predicted molar refractivity (Wildman–Crippen MR) is 164 cm³/mol. The molecule has 6 rings (SSSR count). The van der Waals surface area contributed by atoms with E-state index in [4.69, 9.17) is 25.1 Å². The van der Waals surface area contributed by atoms with E-state index < -0.39 is 27.3 Å². The first-order valence-corrected chi connectivity index (χ1v) is 14.9. The van der Waals surface area contributed by atoms with Gasteiger partial charge in [0.05, 0.1) is 37.0 Å². The fraction of sp³-hybridized carbons (Fsp3) is 0.167. The minimum atomic E-state index is -4.37. The summed E-state index contributed by atoms with van der Waals surface area (Å²) >= 11 is 0. The zero-order valence-corrected chi connectivity index (χ0v) is 24.7. The van der Waals surface area contributed by atoms with Gasteiger partial charge < -0.3 is 25.2 Å². The number of imidazole rings is 1. The lowest BCUT2D eigenvalue weighted by Crippen LogP contribution is -2.36. The van der Waals surface area contributed by atoms with Crippen LogP contribution in [0, 0.1) is 11.6 Å². The van der Waals surface area contributed by atoms with Crippen LogP contribution in [0.3, 0.4) is 0 Å². The van der Waals surface area contributed by atoms with Gasteiger partial charge in [0.1, 0.15) is 16.5 Å². The molecule has 0 spiro atoms. The Balaban J connectivity index is 0.00000128. The standard InChI is InChI=1S/C29H26F2N6O4S.CH2O2/c1-40-28-27(42(38,39)35-24-9-3-20(30)16-23(24)31)15-19(17-33-28)18-2-8-25-26(14-18)37(29(32)34-25)22-6-4-21(5-7-22)36-10-12-41-13-11-36;2-1-3/h2-9,14-17,35H,10-13H2,1H3,(H2,32,34);1H,(H,2,3).